The molecular formula is C14H11F2NO. The van der Waals surface area contributed by atoms with Crippen LogP contribution in [0.3, 0.4) is 0 Å². The topological polar surface area (TPSA) is 20.3 Å². The summed E-state index contributed by atoms with van der Waals surface area (Å²) < 4.78 is 27.0. The van der Waals surface area contributed by atoms with Gasteiger partial charge in [0.25, 0.3) is 5.91 Å². The van der Waals surface area contributed by atoms with Gasteiger partial charge in [-0.25, -0.2) is 8.78 Å². The van der Waals surface area contributed by atoms with Crippen molar-refractivity contribution in [2.75, 3.05) is 11.9 Å². The van der Waals surface area contributed by atoms with E-state index in [1.807, 2.05) is 0 Å². The molecule has 0 unspecified atom stereocenters. The van der Waals surface area contributed by atoms with Crippen LogP contribution in [0.5, 0.6) is 0 Å². The second-order valence-electron chi connectivity index (χ2n) is 3.80. The third kappa shape index (κ3) is 2.22. The lowest BCUT2D eigenvalue weighted by atomic mass is 10.1. The number of anilines is 1. The van der Waals surface area contributed by atoms with Crippen molar-refractivity contribution in [1.82, 2.24) is 0 Å². The summed E-state index contributed by atoms with van der Waals surface area (Å²) in [4.78, 5) is 13.2. The number of halogens is 2. The number of benzene rings is 2. The summed E-state index contributed by atoms with van der Waals surface area (Å²) in [5.74, 6) is -2.43. The number of carbonyl (C=O) groups is 1. The van der Waals surface area contributed by atoms with Crippen molar-refractivity contribution in [3.63, 3.8) is 0 Å². The van der Waals surface area contributed by atoms with Gasteiger partial charge in [-0.1, -0.05) is 24.3 Å². The van der Waals surface area contributed by atoms with E-state index in [0.717, 1.165) is 12.1 Å². The molecule has 0 atom stereocenters. The molecule has 0 heterocycles. The van der Waals surface area contributed by atoms with Gasteiger partial charge < -0.3 is 4.90 Å². The number of amides is 1. The summed E-state index contributed by atoms with van der Waals surface area (Å²) in [5, 5.41) is 0. The van der Waals surface area contributed by atoms with Gasteiger partial charge in [0.05, 0.1) is 0 Å². The molecule has 2 aromatic rings. The highest BCUT2D eigenvalue weighted by Gasteiger charge is 2.21. The first kappa shape index (κ1) is 12.2. The largest absolute Gasteiger partial charge is 0.311 e. The van der Waals surface area contributed by atoms with Crippen molar-refractivity contribution in [1.29, 1.82) is 0 Å². The Morgan fingerprint density at radius 1 is 0.944 bits per heavy atom. The predicted octanol–water partition coefficient (Wildman–Crippen LogP) is 3.24. The van der Waals surface area contributed by atoms with Gasteiger partial charge in [-0.2, -0.15) is 0 Å². The van der Waals surface area contributed by atoms with Gasteiger partial charge in [0.1, 0.15) is 17.2 Å². The number of carbonyl (C=O) groups excluding carboxylic acids is 1. The van der Waals surface area contributed by atoms with Crippen molar-refractivity contribution in [3.8, 4) is 0 Å². The van der Waals surface area contributed by atoms with Crippen LogP contribution in [0.25, 0.3) is 0 Å². The molecule has 92 valence electrons. The second kappa shape index (κ2) is 4.96. The van der Waals surface area contributed by atoms with Crippen molar-refractivity contribution in [2.24, 2.45) is 0 Å². The van der Waals surface area contributed by atoms with Crippen LogP contribution in [0.15, 0.2) is 48.5 Å². The van der Waals surface area contributed by atoms with Crippen molar-refractivity contribution in [2.45, 2.75) is 0 Å². The lowest BCUT2D eigenvalue weighted by Gasteiger charge is -2.17. The zero-order chi connectivity index (χ0) is 13.1. The lowest BCUT2D eigenvalue weighted by Crippen LogP contribution is -2.28. The minimum Gasteiger partial charge on any atom is -0.311 e. The van der Waals surface area contributed by atoms with E-state index < -0.39 is 23.1 Å². The molecular weight excluding hydrogens is 236 g/mol. The van der Waals surface area contributed by atoms with E-state index in [-0.39, 0.29) is 0 Å². The quantitative estimate of drug-likeness (QED) is 0.797. The molecule has 18 heavy (non-hydrogen) atoms. The van der Waals surface area contributed by atoms with Crippen LogP contribution >= 0.6 is 0 Å². The first-order valence-corrected chi connectivity index (χ1v) is 5.38. The molecule has 0 aromatic heterocycles. The minimum absolute atomic E-state index is 0.538. The Kier molecular flexibility index (Phi) is 3.37. The maximum atomic E-state index is 13.5. The van der Waals surface area contributed by atoms with Gasteiger partial charge >= 0.3 is 0 Å². The van der Waals surface area contributed by atoms with Gasteiger partial charge in [0, 0.05) is 12.7 Å². The molecule has 2 aromatic carbocycles. The molecule has 0 bridgehead atoms. The Labute approximate surface area is 103 Å². The summed E-state index contributed by atoms with van der Waals surface area (Å²) in [6.07, 6.45) is 0. The molecule has 0 saturated carbocycles. The van der Waals surface area contributed by atoms with Crippen LogP contribution in [0.4, 0.5) is 14.5 Å². The van der Waals surface area contributed by atoms with Gasteiger partial charge in [-0.15, -0.1) is 0 Å². The van der Waals surface area contributed by atoms with E-state index in [1.54, 1.807) is 30.3 Å². The zero-order valence-corrected chi connectivity index (χ0v) is 9.73. The van der Waals surface area contributed by atoms with Crippen molar-refractivity contribution >= 4 is 11.6 Å². The highest BCUT2D eigenvalue weighted by Crippen LogP contribution is 2.18. The molecule has 2 nitrogen and oxygen atoms in total. The Hall–Kier alpha value is -2.23. The second-order valence-corrected chi connectivity index (χ2v) is 3.80. The number of nitrogens with zero attached hydrogens (tertiary/aromatic N) is 1. The van der Waals surface area contributed by atoms with Crippen LogP contribution in [0.1, 0.15) is 10.4 Å². The van der Waals surface area contributed by atoms with Gasteiger partial charge in [0.2, 0.25) is 0 Å². The Bertz CT molecular complexity index is 549. The summed E-state index contributed by atoms with van der Waals surface area (Å²) in [6, 6.07) is 12.0. The standard InChI is InChI=1S/C14H11F2NO/c1-17(10-6-3-2-4-7-10)14(18)13-11(15)8-5-9-12(13)16/h2-9H,1H3. The number of rotatable bonds is 2. The zero-order valence-electron chi connectivity index (χ0n) is 9.73. The SMILES string of the molecule is CN(C(=O)c1c(F)cccc1F)c1ccccc1. The average Bonchev–Trinajstić information content (AvgIpc) is 2.38. The molecule has 0 aliphatic heterocycles. The van der Waals surface area contributed by atoms with Crippen molar-refractivity contribution < 1.29 is 13.6 Å². The average molecular weight is 247 g/mol. The third-order valence-corrected chi connectivity index (χ3v) is 2.62. The smallest absolute Gasteiger partial charge is 0.263 e. The summed E-state index contributed by atoms with van der Waals surface area (Å²) >= 11 is 0. The predicted molar refractivity (Wildman–Crippen MR) is 65.5 cm³/mol. The molecule has 0 saturated heterocycles. The fourth-order valence-corrected chi connectivity index (χ4v) is 1.64. The maximum Gasteiger partial charge on any atom is 0.263 e. The summed E-state index contributed by atoms with van der Waals surface area (Å²) in [5.41, 5.74) is 0.0361. The molecule has 0 fully saturated rings. The summed E-state index contributed by atoms with van der Waals surface area (Å²) in [6.45, 7) is 0. The fraction of sp³-hybridized carbons (Fsp3) is 0.0714. The van der Waals surface area contributed by atoms with Crippen molar-refractivity contribution in [3.05, 3.63) is 65.7 Å². The van der Waals surface area contributed by atoms with E-state index in [2.05, 4.69) is 0 Å². The maximum absolute atomic E-state index is 13.5. The van der Waals surface area contributed by atoms with Crippen LogP contribution in [0.2, 0.25) is 0 Å². The Morgan fingerprint density at radius 2 is 1.50 bits per heavy atom. The van der Waals surface area contributed by atoms with Gasteiger partial charge in [-0.05, 0) is 24.3 Å². The molecule has 0 aliphatic rings. The number of para-hydroxylation sites is 1. The summed E-state index contributed by atoms with van der Waals surface area (Å²) in [7, 11) is 1.48. The van der Waals surface area contributed by atoms with Crippen LogP contribution in [-0.2, 0) is 0 Å². The lowest BCUT2D eigenvalue weighted by molar-refractivity contribution is 0.0985. The third-order valence-electron chi connectivity index (χ3n) is 2.62. The molecule has 1 amide bonds. The van der Waals surface area contributed by atoms with E-state index in [9.17, 15) is 13.6 Å². The molecule has 0 spiro atoms. The number of hydrogen-bond acceptors (Lipinski definition) is 1. The molecule has 0 N–H and O–H groups in total. The molecule has 0 radical (unpaired) electrons. The fourth-order valence-electron chi connectivity index (χ4n) is 1.64. The normalized spacial score (nSPS) is 10.2. The molecule has 4 heteroatoms. The van der Waals surface area contributed by atoms with E-state index in [1.165, 1.54) is 18.0 Å². The van der Waals surface area contributed by atoms with Crippen LogP contribution in [0, 0.1) is 11.6 Å². The first-order chi connectivity index (χ1) is 8.61. The van der Waals surface area contributed by atoms with Crippen LogP contribution in [-0.4, -0.2) is 13.0 Å². The first-order valence-electron chi connectivity index (χ1n) is 5.38. The number of hydrogen-bond donors (Lipinski definition) is 0. The molecule has 2 rings (SSSR count). The Morgan fingerprint density at radius 3 is 2.06 bits per heavy atom. The van der Waals surface area contributed by atoms with Gasteiger partial charge in [-0.3, -0.25) is 4.79 Å². The highest BCUT2D eigenvalue weighted by atomic mass is 19.1. The monoisotopic (exact) mass is 247 g/mol. The van der Waals surface area contributed by atoms with Gasteiger partial charge in [0.15, 0.2) is 0 Å². The highest BCUT2D eigenvalue weighted by molar-refractivity contribution is 6.06. The van der Waals surface area contributed by atoms with E-state index >= 15 is 0 Å². The molecule has 0 aliphatic carbocycles. The minimum atomic E-state index is -0.859. The van der Waals surface area contributed by atoms with E-state index in [0.29, 0.717) is 5.69 Å². The van der Waals surface area contributed by atoms with E-state index in [4.69, 9.17) is 0 Å². The Balaban J connectivity index is 2.38. The van der Waals surface area contributed by atoms with Crippen LogP contribution < -0.4 is 4.90 Å².